The minimum Gasteiger partial charge on any atom is -0.481 e. The number of hydrogen-bond acceptors (Lipinski definition) is 4. The molecule has 0 bridgehead atoms. The predicted octanol–water partition coefficient (Wildman–Crippen LogP) is 11.0. The van der Waals surface area contributed by atoms with Gasteiger partial charge in [-0.25, -0.2) is 0 Å². The van der Waals surface area contributed by atoms with Crippen molar-refractivity contribution in [3.63, 3.8) is 0 Å². The van der Waals surface area contributed by atoms with Crippen molar-refractivity contribution in [3.8, 4) is 0 Å². The average molecular weight is 770 g/mol. The van der Waals surface area contributed by atoms with Gasteiger partial charge in [-0.1, -0.05) is 99.2 Å². The van der Waals surface area contributed by atoms with Gasteiger partial charge < -0.3 is 20.0 Å². The van der Waals surface area contributed by atoms with Crippen LogP contribution >= 0.6 is 28.6 Å². The molecule has 274 valence electrons. The van der Waals surface area contributed by atoms with Gasteiger partial charge in [0.05, 0.1) is 0 Å². The van der Waals surface area contributed by atoms with Crippen LogP contribution in [0.2, 0.25) is 0 Å². The van der Waals surface area contributed by atoms with Crippen LogP contribution in [0.25, 0.3) is 0 Å². The van der Waals surface area contributed by atoms with E-state index in [0.29, 0.717) is 12.8 Å². The lowest BCUT2D eigenvalue weighted by molar-refractivity contribution is -0.138. The number of halogens is 2. The third-order valence-corrected chi connectivity index (χ3v) is 12.0. The van der Waals surface area contributed by atoms with Gasteiger partial charge in [-0.15, -0.1) is 17.0 Å². The molecular weight excluding hydrogens is 712 g/mol. The molecule has 0 saturated carbocycles. The molecule has 8 heteroatoms. The summed E-state index contributed by atoms with van der Waals surface area (Å²) in [6.07, 6.45) is 12.0. The van der Waals surface area contributed by atoms with Crippen LogP contribution in [-0.2, 0) is 20.4 Å². The molecule has 0 saturated heterocycles. The molecule has 0 radical (unpaired) electrons. The van der Waals surface area contributed by atoms with E-state index in [9.17, 15) is 9.59 Å². The predicted molar refractivity (Wildman–Crippen MR) is 212 cm³/mol. The van der Waals surface area contributed by atoms with Crippen molar-refractivity contribution in [2.24, 2.45) is 5.92 Å². The molecule has 2 heterocycles. The molecule has 2 aromatic rings. The minimum absolute atomic E-state index is 0. The summed E-state index contributed by atoms with van der Waals surface area (Å²) in [5.41, 5.74) is 10.3. The van der Waals surface area contributed by atoms with Crippen LogP contribution in [0.4, 0.5) is 11.4 Å². The van der Waals surface area contributed by atoms with E-state index in [1.165, 1.54) is 44.9 Å². The van der Waals surface area contributed by atoms with E-state index < -0.39 is 11.9 Å². The minimum atomic E-state index is -0.724. The zero-order valence-corrected chi connectivity index (χ0v) is 33.5. The summed E-state index contributed by atoms with van der Waals surface area (Å²) in [7, 11) is 0. The second-order valence-electron chi connectivity index (χ2n) is 15.8. The number of fused-ring (bicyclic) bond motifs is 2. The normalized spacial score (nSPS) is 21.3. The van der Waals surface area contributed by atoms with Gasteiger partial charge in [0, 0.05) is 70.8 Å². The Hall–Kier alpha value is -2.77. The van der Waals surface area contributed by atoms with E-state index in [2.05, 4.69) is 93.8 Å². The van der Waals surface area contributed by atoms with Crippen molar-refractivity contribution in [1.29, 1.82) is 0 Å². The number of carboxylic acids is 2. The van der Waals surface area contributed by atoms with Gasteiger partial charge in [0.25, 0.3) is 0 Å². The van der Waals surface area contributed by atoms with Gasteiger partial charge in [-0.2, -0.15) is 0 Å². The highest BCUT2D eigenvalue weighted by molar-refractivity contribution is 8.93. The first-order valence-electron chi connectivity index (χ1n) is 18.5. The van der Waals surface area contributed by atoms with Crippen LogP contribution in [0.15, 0.2) is 58.8 Å². The third kappa shape index (κ3) is 8.47. The van der Waals surface area contributed by atoms with E-state index in [0.717, 1.165) is 69.5 Å². The summed E-state index contributed by atoms with van der Waals surface area (Å²) >= 11 is 7.56. The molecule has 2 atom stereocenters. The maximum Gasteiger partial charge on any atom is 0.303 e. The number of unbranched alkanes of at least 4 members (excludes halogenated alkanes) is 4. The lowest BCUT2D eigenvalue weighted by atomic mass is 9.71. The molecular formula is C42H58BrClN2O4. The Labute approximate surface area is 315 Å². The molecule has 0 spiro atoms. The highest BCUT2D eigenvalue weighted by Gasteiger charge is 2.49. The van der Waals surface area contributed by atoms with Crippen molar-refractivity contribution < 1.29 is 19.8 Å². The monoisotopic (exact) mass is 768 g/mol. The number of anilines is 2. The van der Waals surface area contributed by atoms with Gasteiger partial charge >= 0.3 is 11.9 Å². The first kappa shape index (κ1) is 40.0. The summed E-state index contributed by atoms with van der Waals surface area (Å²) < 4.78 is 0. The fourth-order valence-corrected chi connectivity index (χ4v) is 9.31. The van der Waals surface area contributed by atoms with E-state index >= 15 is 0 Å². The first-order valence-corrected chi connectivity index (χ1v) is 18.9. The molecule has 0 aromatic heterocycles. The fraction of sp³-hybridized carbons (Fsp3) is 0.571. The highest BCUT2D eigenvalue weighted by Crippen LogP contribution is 2.53. The molecule has 50 heavy (non-hydrogen) atoms. The largest absolute Gasteiger partial charge is 0.481 e. The van der Waals surface area contributed by atoms with E-state index in [4.69, 9.17) is 21.8 Å². The Morgan fingerprint density at radius 2 is 1.42 bits per heavy atom. The first-order chi connectivity index (χ1) is 23.2. The lowest BCUT2D eigenvalue weighted by Crippen LogP contribution is -2.48. The number of carbonyl (C=O) groups is 2. The molecule has 5 rings (SSSR count). The van der Waals surface area contributed by atoms with Gasteiger partial charge in [-0.3, -0.25) is 9.59 Å². The third-order valence-electron chi connectivity index (χ3n) is 11.4. The molecule has 2 unspecified atom stereocenters. The van der Waals surface area contributed by atoms with Crippen molar-refractivity contribution in [2.45, 2.75) is 135 Å². The number of aryl methyl sites for hydroxylation is 2. The number of benzene rings is 2. The summed E-state index contributed by atoms with van der Waals surface area (Å²) in [6, 6.07) is 13.9. The van der Waals surface area contributed by atoms with Crippen molar-refractivity contribution >= 4 is 51.9 Å². The number of nitrogens with zero attached hydrogens (tertiary/aromatic N) is 2. The number of rotatable bonds is 15. The Balaban J connectivity index is 0.00000562. The van der Waals surface area contributed by atoms with E-state index in [-0.39, 0.29) is 52.6 Å². The number of hydrogen-bond donors (Lipinski definition) is 2. The molecule has 2 N–H and O–H groups in total. The number of carboxylic acid groups (broad SMARTS) is 2. The summed E-state index contributed by atoms with van der Waals surface area (Å²) in [4.78, 5) is 27.3. The second kappa shape index (κ2) is 16.7. The van der Waals surface area contributed by atoms with Gasteiger partial charge in [0.1, 0.15) is 0 Å². The highest BCUT2D eigenvalue weighted by atomic mass is 79.9. The van der Waals surface area contributed by atoms with Gasteiger partial charge in [0.15, 0.2) is 0 Å². The van der Waals surface area contributed by atoms with E-state index in [1.54, 1.807) is 0 Å². The van der Waals surface area contributed by atoms with Crippen molar-refractivity contribution in [3.05, 3.63) is 81.0 Å². The van der Waals surface area contributed by atoms with Crippen LogP contribution in [0.1, 0.15) is 127 Å². The molecule has 0 fully saturated rings. The Morgan fingerprint density at radius 3 is 2.04 bits per heavy atom. The lowest BCUT2D eigenvalue weighted by Gasteiger charge is -2.42. The van der Waals surface area contributed by atoms with Crippen LogP contribution in [0.5, 0.6) is 0 Å². The molecule has 2 aromatic carbocycles. The fourth-order valence-electron chi connectivity index (χ4n) is 8.91. The standard InChI is InChI=1S/C42H57ClN2O4.BrH/c1-28-18-21-34-32(26-28)41(3,4)36(44(34)24-11-7-9-16-37(46)47)23-20-30-14-13-15-31(39(30)43)40-42(5,6)33-27-29(2)19-22-35(33)45(40)25-12-8-10-17-38(48)49;/h18-19,21-23,26-27,31,40H,7-17,20,24-25H2,1-6H3,(H,46,47)(H,48,49);1H. The quantitative estimate of drug-likeness (QED) is 0.176. The van der Waals surface area contributed by atoms with Crippen molar-refractivity contribution in [2.75, 3.05) is 22.9 Å². The summed E-state index contributed by atoms with van der Waals surface area (Å²) in [5.74, 6) is -1.22. The van der Waals surface area contributed by atoms with Gasteiger partial charge in [0.2, 0.25) is 0 Å². The average Bonchev–Trinajstić information content (AvgIpc) is 3.37. The molecule has 6 nitrogen and oxygen atoms in total. The van der Waals surface area contributed by atoms with E-state index in [1.807, 2.05) is 0 Å². The van der Waals surface area contributed by atoms with Crippen LogP contribution in [0.3, 0.4) is 0 Å². The Kier molecular flexibility index (Phi) is 13.4. The molecule has 0 amide bonds. The second-order valence-corrected chi connectivity index (χ2v) is 16.2. The zero-order valence-electron chi connectivity index (χ0n) is 31.0. The molecule has 2 aliphatic heterocycles. The number of allylic oxidation sites excluding steroid dienone is 3. The smallest absolute Gasteiger partial charge is 0.303 e. The topological polar surface area (TPSA) is 81.1 Å². The maximum atomic E-state index is 11.1. The summed E-state index contributed by atoms with van der Waals surface area (Å²) in [6.45, 7) is 15.5. The maximum absolute atomic E-state index is 11.1. The van der Waals surface area contributed by atoms with Crippen LogP contribution in [0, 0.1) is 19.8 Å². The van der Waals surface area contributed by atoms with Gasteiger partial charge in [-0.05, 0) is 88.5 Å². The molecule has 3 aliphatic rings. The summed E-state index contributed by atoms with van der Waals surface area (Å²) in [5, 5.41) is 19.3. The Bertz CT molecular complexity index is 1610. The van der Waals surface area contributed by atoms with Crippen LogP contribution < -0.4 is 9.80 Å². The SMILES string of the molecule is Br.Cc1ccc2c(c1)C(C)(C)C(=CCC1=C(Cl)C(C3N(CCCCCC(=O)O)c4ccc(C)cc4C3(C)C)CCC1)N2CCCCCC(=O)O. The Morgan fingerprint density at radius 1 is 0.840 bits per heavy atom. The molecule has 1 aliphatic carbocycles. The van der Waals surface area contributed by atoms with Crippen molar-refractivity contribution in [1.82, 2.24) is 0 Å². The number of aliphatic carboxylic acids is 2. The van der Waals surface area contributed by atoms with Crippen LogP contribution in [-0.4, -0.2) is 41.3 Å². The zero-order chi connectivity index (χ0) is 35.5.